The SMILES string of the molecule is Cn1nc(C(=O)N(Cc2cnc3ccccn23)c2ccccc2)ccc1=O. The standard InChI is InChI=1S/C20H17N5O2/c1-23-19(26)11-10-17(22-23)20(27)25(15-7-3-2-4-8-15)14-16-13-21-18-9-5-6-12-24(16)18/h2-13H,14H2,1H3. The van der Waals surface area contributed by atoms with Crippen molar-refractivity contribution >= 4 is 17.2 Å². The van der Waals surface area contributed by atoms with E-state index in [4.69, 9.17) is 0 Å². The molecule has 3 heterocycles. The Bertz CT molecular complexity index is 1160. The average Bonchev–Trinajstić information content (AvgIpc) is 3.11. The molecule has 1 amide bonds. The smallest absolute Gasteiger partial charge is 0.279 e. The minimum atomic E-state index is -0.289. The van der Waals surface area contributed by atoms with Gasteiger partial charge < -0.3 is 9.30 Å². The lowest BCUT2D eigenvalue weighted by atomic mass is 10.2. The number of carbonyl (C=O) groups excluding carboxylic acids is 1. The first-order valence-corrected chi connectivity index (χ1v) is 8.46. The Kier molecular flexibility index (Phi) is 4.25. The number of para-hydroxylation sites is 1. The van der Waals surface area contributed by atoms with Crippen LogP contribution in [0.25, 0.3) is 5.65 Å². The summed E-state index contributed by atoms with van der Waals surface area (Å²) in [5, 5.41) is 4.10. The molecule has 0 fully saturated rings. The van der Waals surface area contributed by atoms with Crippen LogP contribution in [-0.2, 0) is 13.6 Å². The third kappa shape index (κ3) is 3.22. The zero-order valence-corrected chi connectivity index (χ0v) is 14.7. The number of anilines is 1. The summed E-state index contributed by atoms with van der Waals surface area (Å²) in [5.41, 5.74) is 2.36. The largest absolute Gasteiger partial charge is 0.302 e. The number of aromatic nitrogens is 4. The second-order valence-electron chi connectivity index (χ2n) is 6.09. The summed E-state index contributed by atoms with van der Waals surface area (Å²) in [4.78, 5) is 30.8. The van der Waals surface area contributed by atoms with Gasteiger partial charge in [-0.2, -0.15) is 5.10 Å². The van der Waals surface area contributed by atoms with E-state index < -0.39 is 0 Å². The summed E-state index contributed by atoms with van der Waals surface area (Å²) in [6.07, 6.45) is 3.67. The van der Waals surface area contributed by atoms with Gasteiger partial charge in [0.25, 0.3) is 11.5 Å². The zero-order chi connectivity index (χ0) is 18.8. The monoisotopic (exact) mass is 359 g/mol. The molecular formula is C20H17N5O2. The van der Waals surface area contributed by atoms with Gasteiger partial charge in [0, 0.05) is 25.0 Å². The molecule has 7 heteroatoms. The summed E-state index contributed by atoms with van der Waals surface area (Å²) >= 11 is 0. The minimum absolute atomic E-state index is 0.203. The van der Waals surface area contributed by atoms with E-state index in [0.29, 0.717) is 6.54 Å². The number of pyridine rings is 1. The molecule has 134 valence electrons. The molecule has 3 aromatic heterocycles. The van der Waals surface area contributed by atoms with Gasteiger partial charge in [0.2, 0.25) is 0 Å². The van der Waals surface area contributed by atoms with E-state index in [1.165, 1.54) is 19.2 Å². The van der Waals surface area contributed by atoms with Crippen molar-refractivity contribution in [2.75, 3.05) is 4.90 Å². The molecule has 0 aliphatic heterocycles. The van der Waals surface area contributed by atoms with Crippen LogP contribution in [-0.4, -0.2) is 25.1 Å². The van der Waals surface area contributed by atoms with Crippen LogP contribution in [0.5, 0.6) is 0 Å². The topological polar surface area (TPSA) is 72.5 Å². The molecule has 0 saturated carbocycles. The zero-order valence-electron chi connectivity index (χ0n) is 14.7. The van der Waals surface area contributed by atoms with E-state index in [0.717, 1.165) is 21.7 Å². The first-order valence-electron chi connectivity index (χ1n) is 8.46. The number of fused-ring (bicyclic) bond motifs is 1. The van der Waals surface area contributed by atoms with Crippen molar-refractivity contribution in [1.82, 2.24) is 19.2 Å². The van der Waals surface area contributed by atoms with Crippen LogP contribution in [0.3, 0.4) is 0 Å². The lowest BCUT2D eigenvalue weighted by molar-refractivity contribution is 0.0977. The Labute approximate surface area is 155 Å². The fourth-order valence-electron chi connectivity index (χ4n) is 2.91. The lowest BCUT2D eigenvalue weighted by Gasteiger charge is -2.22. The number of amides is 1. The number of nitrogens with zero attached hydrogens (tertiary/aromatic N) is 5. The predicted molar refractivity (Wildman–Crippen MR) is 102 cm³/mol. The number of carbonyl (C=O) groups is 1. The Balaban J connectivity index is 1.76. The minimum Gasteiger partial charge on any atom is -0.302 e. The molecule has 0 bridgehead atoms. The third-order valence-corrected chi connectivity index (χ3v) is 4.31. The van der Waals surface area contributed by atoms with Gasteiger partial charge in [-0.15, -0.1) is 0 Å². The van der Waals surface area contributed by atoms with E-state index >= 15 is 0 Å². The molecule has 0 spiro atoms. The van der Waals surface area contributed by atoms with Crippen molar-refractivity contribution in [3.8, 4) is 0 Å². The molecule has 4 aromatic rings. The number of imidazole rings is 1. The summed E-state index contributed by atoms with van der Waals surface area (Å²) in [6, 6.07) is 17.9. The van der Waals surface area contributed by atoms with Crippen molar-refractivity contribution in [3.05, 3.63) is 94.8 Å². The van der Waals surface area contributed by atoms with Crippen LogP contribution >= 0.6 is 0 Å². The molecule has 4 rings (SSSR count). The van der Waals surface area contributed by atoms with E-state index in [-0.39, 0.29) is 17.2 Å². The Morgan fingerprint density at radius 1 is 1.04 bits per heavy atom. The van der Waals surface area contributed by atoms with Crippen molar-refractivity contribution < 1.29 is 4.79 Å². The van der Waals surface area contributed by atoms with E-state index in [1.54, 1.807) is 11.1 Å². The first kappa shape index (κ1) is 16.7. The molecule has 27 heavy (non-hydrogen) atoms. The molecular weight excluding hydrogens is 342 g/mol. The second kappa shape index (κ2) is 6.87. The summed E-state index contributed by atoms with van der Waals surface area (Å²) in [7, 11) is 1.52. The van der Waals surface area contributed by atoms with Gasteiger partial charge in [-0.3, -0.25) is 9.59 Å². The van der Waals surface area contributed by atoms with Crippen LogP contribution in [0, 0.1) is 0 Å². The van der Waals surface area contributed by atoms with Gasteiger partial charge in [0.05, 0.1) is 18.4 Å². The van der Waals surface area contributed by atoms with E-state index in [9.17, 15) is 9.59 Å². The van der Waals surface area contributed by atoms with Crippen LogP contribution in [0.2, 0.25) is 0 Å². The predicted octanol–water partition coefficient (Wildman–Crippen LogP) is 2.28. The van der Waals surface area contributed by atoms with E-state index in [1.807, 2.05) is 59.1 Å². The lowest BCUT2D eigenvalue weighted by Crippen LogP contribution is -2.33. The number of aryl methyl sites for hydroxylation is 1. The normalized spacial score (nSPS) is 10.9. The van der Waals surface area contributed by atoms with Gasteiger partial charge in [-0.05, 0) is 30.3 Å². The Hall–Kier alpha value is -3.74. The van der Waals surface area contributed by atoms with Crippen LogP contribution in [0.15, 0.2) is 77.9 Å². The first-order chi connectivity index (χ1) is 13.1. The number of hydrogen-bond acceptors (Lipinski definition) is 4. The molecule has 1 aromatic carbocycles. The van der Waals surface area contributed by atoms with Crippen LogP contribution < -0.4 is 10.5 Å². The highest BCUT2D eigenvalue weighted by molar-refractivity contribution is 6.04. The van der Waals surface area contributed by atoms with Crippen LogP contribution in [0.1, 0.15) is 16.2 Å². The maximum absolute atomic E-state index is 13.2. The third-order valence-electron chi connectivity index (χ3n) is 4.31. The quantitative estimate of drug-likeness (QED) is 0.560. The molecule has 0 saturated heterocycles. The number of benzene rings is 1. The molecule has 0 aliphatic carbocycles. The molecule has 0 radical (unpaired) electrons. The molecule has 0 unspecified atom stereocenters. The second-order valence-corrected chi connectivity index (χ2v) is 6.09. The van der Waals surface area contributed by atoms with Crippen molar-refractivity contribution in [1.29, 1.82) is 0 Å². The summed E-state index contributed by atoms with van der Waals surface area (Å²) < 4.78 is 3.10. The highest BCUT2D eigenvalue weighted by atomic mass is 16.2. The average molecular weight is 359 g/mol. The fraction of sp³-hybridized carbons (Fsp3) is 0.100. The fourth-order valence-corrected chi connectivity index (χ4v) is 2.91. The molecule has 0 aliphatic rings. The number of rotatable bonds is 4. The Morgan fingerprint density at radius 3 is 2.59 bits per heavy atom. The van der Waals surface area contributed by atoms with Gasteiger partial charge in [-0.25, -0.2) is 9.67 Å². The molecule has 0 atom stereocenters. The van der Waals surface area contributed by atoms with Gasteiger partial charge in [0.1, 0.15) is 11.3 Å². The van der Waals surface area contributed by atoms with E-state index in [2.05, 4.69) is 10.1 Å². The van der Waals surface area contributed by atoms with Gasteiger partial charge in [-0.1, -0.05) is 24.3 Å². The Morgan fingerprint density at radius 2 is 1.81 bits per heavy atom. The number of hydrogen-bond donors (Lipinski definition) is 0. The van der Waals surface area contributed by atoms with Crippen molar-refractivity contribution in [3.63, 3.8) is 0 Å². The van der Waals surface area contributed by atoms with Gasteiger partial charge in [0.15, 0.2) is 0 Å². The maximum atomic E-state index is 13.2. The summed E-state index contributed by atoms with van der Waals surface area (Å²) in [5.74, 6) is -0.289. The van der Waals surface area contributed by atoms with Gasteiger partial charge >= 0.3 is 0 Å². The van der Waals surface area contributed by atoms with Crippen molar-refractivity contribution in [2.45, 2.75) is 6.54 Å². The molecule has 0 N–H and O–H groups in total. The van der Waals surface area contributed by atoms with Crippen LogP contribution in [0.4, 0.5) is 5.69 Å². The van der Waals surface area contributed by atoms with Crippen molar-refractivity contribution in [2.24, 2.45) is 7.05 Å². The highest BCUT2D eigenvalue weighted by Crippen LogP contribution is 2.20. The highest BCUT2D eigenvalue weighted by Gasteiger charge is 2.21. The molecule has 7 nitrogen and oxygen atoms in total. The summed E-state index contributed by atoms with van der Waals surface area (Å²) in [6.45, 7) is 0.318. The maximum Gasteiger partial charge on any atom is 0.279 e.